The van der Waals surface area contributed by atoms with Crippen LogP contribution in [0.15, 0.2) is 47.6 Å². The van der Waals surface area contributed by atoms with Gasteiger partial charge < -0.3 is 9.88 Å². The minimum Gasteiger partial charge on any atom is -0.325 e. The lowest BCUT2D eigenvalue weighted by atomic mass is 10.3. The Balaban J connectivity index is 1.67. The van der Waals surface area contributed by atoms with E-state index in [-0.39, 0.29) is 17.3 Å². The number of hydrogen-bond donors (Lipinski definition) is 1. The number of carbonyl (C=O) groups excluding carboxylic acids is 1. The van der Waals surface area contributed by atoms with E-state index in [9.17, 15) is 13.6 Å². The molecule has 0 saturated carbocycles. The number of aromatic nitrogens is 2. The molecule has 0 atom stereocenters. The second-order valence-corrected chi connectivity index (χ2v) is 5.88. The smallest absolute Gasteiger partial charge is 0.234 e. The third kappa shape index (κ3) is 3.50. The van der Waals surface area contributed by atoms with Crippen LogP contribution in [0.25, 0.3) is 11.0 Å². The average Bonchev–Trinajstić information content (AvgIpc) is 2.81. The maximum Gasteiger partial charge on any atom is 0.234 e. The molecule has 0 radical (unpaired) electrons. The summed E-state index contributed by atoms with van der Waals surface area (Å²) >= 11 is 1.26. The molecule has 3 rings (SSSR count). The highest BCUT2D eigenvalue weighted by Crippen LogP contribution is 2.23. The van der Waals surface area contributed by atoms with E-state index in [0.717, 1.165) is 29.2 Å². The fourth-order valence-electron chi connectivity index (χ4n) is 2.21. The lowest BCUT2D eigenvalue weighted by molar-refractivity contribution is -0.113. The molecular weight excluding hydrogens is 320 g/mol. The van der Waals surface area contributed by atoms with Crippen LogP contribution in [0.5, 0.6) is 0 Å². The molecule has 0 spiro atoms. The highest BCUT2D eigenvalue weighted by atomic mass is 32.2. The molecule has 3 aromatic rings. The molecule has 2 aromatic carbocycles. The van der Waals surface area contributed by atoms with Crippen molar-refractivity contribution in [2.45, 2.75) is 5.16 Å². The monoisotopic (exact) mass is 333 g/mol. The van der Waals surface area contributed by atoms with E-state index in [1.54, 1.807) is 0 Å². The number of thioether (sulfide) groups is 1. The van der Waals surface area contributed by atoms with Crippen LogP contribution in [0, 0.1) is 11.6 Å². The van der Waals surface area contributed by atoms with E-state index in [1.807, 2.05) is 35.9 Å². The van der Waals surface area contributed by atoms with Gasteiger partial charge in [0.1, 0.15) is 11.6 Å². The number of anilines is 1. The summed E-state index contributed by atoms with van der Waals surface area (Å²) < 4.78 is 28.1. The molecule has 0 aliphatic heterocycles. The lowest BCUT2D eigenvalue weighted by Crippen LogP contribution is -2.14. The Morgan fingerprint density at radius 3 is 2.61 bits per heavy atom. The fraction of sp³-hybridized carbons (Fsp3) is 0.125. The SMILES string of the molecule is Cn1c(SCC(=O)Nc2cc(F)cc(F)c2)nc2ccccc21. The third-order valence-electron chi connectivity index (χ3n) is 3.22. The van der Waals surface area contributed by atoms with Crippen LogP contribution in [-0.4, -0.2) is 21.2 Å². The molecule has 0 aliphatic carbocycles. The summed E-state index contributed by atoms with van der Waals surface area (Å²) in [5.41, 5.74) is 1.92. The standard InChI is InChI=1S/C16H13F2N3OS/c1-21-14-5-3-2-4-13(14)20-16(21)23-9-15(22)19-12-7-10(17)6-11(18)8-12/h2-8H,9H2,1H3,(H,19,22). The molecule has 7 heteroatoms. The van der Waals surface area contributed by atoms with Crippen molar-refractivity contribution in [3.63, 3.8) is 0 Å². The zero-order valence-electron chi connectivity index (χ0n) is 12.2. The van der Waals surface area contributed by atoms with Gasteiger partial charge in [-0.1, -0.05) is 23.9 Å². The van der Waals surface area contributed by atoms with Crippen LogP contribution in [0.1, 0.15) is 0 Å². The third-order valence-corrected chi connectivity index (χ3v) is 4.25. The quantitative estimate of drug-likeness (QED) is 0.742. The number of carbonyl (C=O) groups is 1. The summed E-state index contributed by atoms with van der Waals surface area (Å²) in [6.07, 6.45) is 0. The van der Waals surface area contributed by atoms with Crippen molar-refractivity contribution in [1.29, 1.82) is 0 Å². The molecule has 0 bridgehead atoms. The summed E-state index contributed by atoms with van der Waals surface area (Å²) in [6, 6.07) is 10.6. The number of rotatable bonds is 4. The van der Waals surface area contributed by atoms with Gasteiger partial charge in [0, 0.05) is 18.8 Å². The number of benzene rings is 2. The van der Waals surface area contributed by atoms with Gasteiger partial charge in [0.05, 0.1) is 16.8 Å². The lowest BCUT2D eigenvalue weighted by Gasteiger charge is -2.05. The van der Waals surface area contributed by atoms with Crippen LogP contribution < -0.4 is 5.32 Å². The number of halogens is 2. The van der Waals surface area contributed by atoms with Gasteiger partial charge in [-0.05, 0) is 24.3 Å². The Kier molecular flexibility index (Phi) is 4.29. The molecule has 1 amide bonds. The van der Waals surface area contributed by atoms with E-state index in [4.69, 9.17) is 0 Å². The number of aryl methyl sites for hydroxylation is 1. The van der Waals surface area contributed by atoms with Crippen LogP contribution in [-0.2, 0) is 11.8 Å². The van der Waals surface area contributed by atoms with E-state index < -0.39 is 11.6 Å². The van der Waals surface area contributed by atoms with E-state index in [0.29, 0.717) is 5.16 Å². The molecule has 0 unspecified atom stereocenters. The van der Waals surface area contributed by atoms with Gasteiger partial charge >= 0.3 is 0 Å². The van der Waals surface area contributed by atoms with Crippen molar-refractivity contribution in [3.05, 3.63) is 54.1 Å². The van der Waals surface area contributed by atoms with Gasteiger partial charge in [-0.2, -0.15) is 0 Å². The Labute approximate surface area is 135 Å². The van der Waals surface area contributed by atoms with Gasteiger partial charge in [0.2, 0.25) is 5.91 Å². The van der Waals surface area contributed by atoms with Crippen molar-refractivity contribution in [2.75, 3.05) is 11.1 Å². The number of para-hydroxylation sites is 2. The molecule has 23 heavy (non-hydrogen) atoms. The van der Waals surface area contributed by atoms with Crippen molar-refractivity contribution in [1.82, 2.24) is 9.55 Å². The van der Waals surface area contributed by atoms with Crippen LogP contribution in [0.4, 0.5) is 14.5 Å². The number of nitrogens with one attached hydrogen (secondary N) is 1. The van der Waals surface area contributed by atoms with Crippen LogP contribution in [0.3, 0.4) is 0 Å². The first-order valence-electron chi connectivity index (χ1n) is 6.83. The second-order valence-electron chi connectivity index (χ2n) is 4.94. The summed E-state index contributed by atoms with van der Waals surface area (Å²) in [5.74, 6) is -1.73. The van der Waals surface area contributed by atoms with E-state index in [2.05, 4.69) is 10.3 Å². The Hall–Kier alpha value is -2.41. The highest BCUT2D eigenvalue weighted by Gasteiger charge is 2.11. The average molecular weight is 333 g/mol. The van der Waals surface area contributed by atoms with Crippen molar-refractivity contribution in [3.8, 4) is 0 Å². The Bertz CT molecular complexity index is 859. The normalized spacial score (nSPS) is 10.9. The largest absolute Gasteiger partial charge is 0.325 e. The molecule has 1 aromatic heterocycles. The zero-order valence-corrected chi connectivity index (χ0v) is 13.0. The molecule has 0 saturated heterocycles. The topological polar surface area (TPSA) is 46.9 Å². The van der Waals surface area contributed by atoms with Gasteiger partial charge in [-0.3, -0.25) is 4.79 Å². The van der Waals surface area contributed by atoms with Crippen molar-refractivity contribution < 1.29 is 13.6 Å². The minimum absolute atomic E-state index is 0.0926. The minimum atomic E-state index is -0.733. The highest BCUT2D eigenvalue weighted by molar-refractivity contribution is 7.99. The maximum atomic E-state index is 13.1. The van der Waals surface area contributed by atoms with E-state index >= 15 is 0 Å². The number of imidazole rings is 1. The molecule has 0 aliphatic rings. The van der Waals surface area contributed by atoms with Crippen LogP contribution >= 0.6 is 11.8 Å². The first-order chi connectivity index (χ1) is 11.0. The fourth-order valence-corrected chi connectivity index (χ4v) is 2.99. The van der Waals surface area contributed by atoms with Gasteiger partial charge in [0.15, 0.2) is 5.16 Å². The van der Waals surface area contributed by atoms with Gasteiger partial charge in [0.25, 0.3) is 0 Å². The first kappa shape index (κ1) is 15.5. The molecule has 4 nitrogen and oxygen atoms in total. The molecule has 0 fully saturated rings. The summed E-state index contributed by atoms with van der Waals surface area (Å²) in [6.45, 7) is 0. The van der Waals surface area contributed by atoms with Crippen LogP contribution in [0.2, 0.25) is 0 Å². The molecule has 1 N–H and O–H groups in total. The second kappa shape index (κ2) is 6.37. The summed E-state index contributed by atoms with van der Waals surface area (Å²) in [5, 5.41) is 3.17. The molecular formula is C16H13F2N3OS. The van der Waals surface area contributed by atoms with E-state index in [1.165, 1.54) is 11.8 Å². The van der Waals surface area contributed by atoms with Crippen molar-refractivity contribution in [2.24, 2.45) is 7.05 Å². The predicted octanol–water partition coefficient (Wildman–Crippen LogP) is 3.58. The Morgan fingerprint density at radius 2 is 1.91 bits per heavy atom. The number of hydrogen-bond acceptors (Lipinski definition) is 3. The first-order valence-corrected chi connectivity index (χ1v) is 7.82. The number of fused-ring (bicyclic) bond motifs is 1. The molecule has 1 heterocycles. The number of nitrogens with zero attached hydrogens (tertiary/aromatic N) is 2. The number of amides is 1. The summed E-state index contributed by atoms with van der Waals surface area (Å²) in [7, 11) is 1.87. The van der Waals surface area contributed by atoms with Gasteiger partial charge in [-0.15, -0.1) is 0 Å². The molecule has 118 valence electrons. The van der Waals surface area contributed by atoms with Crippen molar-refractivity contribution >= 4 is 34.4 Å². The Morgan fingerprint density at radius 1 is 1.22 bits per heavy atom. The zero-order chi connectivity index (χ0) is 16.4. The predicted molar refractivity (Wildman–Crippen MR) is 86.4 cm³/mol. The maximum absolute atomic E-state index is 13.1. The summed E-state index contributed by atoms with van der Waals surface area (Å²) in [4.78, 5) is 16.4. The van der Waals surface area contributed by atoms with Gasteiger partial charge in [-0.25, -0.2) is 13.8 Å².